The van der Waals surface area contributed by atoms with E-state index >= 15 is 0 Å². The number of benzene rings is 1. The number of rotatable bonds is 5. The molecule has 0 atom stereocenters. The first-order valence-electron chi connectivity index (χ1n) is 5.75. The molecule has 0 fully saturated rings. The number of aliphatic hydroxyl groups is 1. The molecule has 0 aliphatic carbocycles. The van der Waals surface area contributed by atoms with Gasteiger partial charge in [-0.25, -0.2) is 9.97 Å². The number of fused-ring (bicyclic) bond motifs is 1. The van der Waals surface area contributed by atoms with Crippen molar-refractivity contribution in [2.45, 2.75) is 0 Å². The van der Waals surface area contributed by atoms with Crippen LogP contribution in [-0.4, -0.2) is 34.8 Å². The Bertz CT molecular complexity index is 556. The quantitative estimate of drug-likeness (QED) is 0.773. The van der Waals surface area contributed by atoms with E-state index in [0.717, 1.165) is 11.0 Å². The smallest absolute Gasteiger partial charge is 0.172 e. The fourth-order valence-corrected chi connectivity index (χ4v) is 1.80. The summed E-state index contributed by atoms with van der Waals surface area (Å²) in [7, 11) is 0. The Kier molecular flexibility index (Phi) is 3.74. The highest BCUT2D eigenvalue weighted by atomic mass is 16.3. The van der Waals surface area contributed by atoms with Crippen molar-refractivity contribution in [1.82, 2.24) is 9.97 Å². The van der Waals surface area contributed by atoms with Crippen LogP contribution in [0.25, 0.3) is 11.0 Å². The summed E-state index contributed by atoms with van der Waals surface area (Å²) in [5.41, 5.74) is 7.47. The van der Waals surface area contributed by atoms with Crippen molar-refractivity contribution in [1.29, 1.82) is 0 Å². The van der Waals surface area contributed by atoms with Crippen molar-refractivity contribution in [3.05, 3.63) is 36.9 Å². The lowest BCUT2D eigenvalue weighted by molar-refractivity contribution is 0.302. The Balaban J connectivity index is 2.47. The number of anilines is 2. The van der Waals surface area contributed by atoms with Gasteiger partial charge in [0.1, 0.15) is 0 Å². The Morgan fingerprint density at radius 3 is 2.56 bits per heavy atom. The molecule has 0 bridgehead atoms. The molecule has 0 amide bonds. The molecule has 94 valence electrons. The number of para-hydroxylation sites is 2. The third kappa shape index (κ3) is 2.41. The van der Waals surface area contributed by atoms with Crippen LogP contribution < -0.4 is 10.6 Å². The molecule has 1 heterocycles. The zero-order valence-electron chi connectivity index (χ0n) is 10.1. The van der Waals surface area contributed by atoms with Gasteiger partial charge in [0.15, 0.2) is 11.6 Å². The number of aliphatic hydroxyl groups excluding tert-OH is 1. The van der Waals surface area contributed by atoms with Crippen molar-refractivity contribution in [3.8, 4) is 0 Å². The Labute approximate surface area is 106 Å². The standard InChI is InChI=1S/C13H16N4O/c1-2-7-17(8-9-18)13-12(14)15-10-5-3-4-6-11(10)16-13/h2-6,18H,1,7-9H2,(H2,14,15). The third-order valence-electron chi connectivity index (χ3n) is 2.60. The second kappa shape index (κ2) is 5.46. The third-order valence-corrected chi connectivity index (χ3v) is 2.60. The molecule has 3 N–H and O–H groups in total. The molecule has 0 unspecified atom stereocenters. The number of nitrogen functional groups attached to an aromatic ring is 1. The van der Waals surface area contributed by atoms with Gasteiger partial charge < -0.3 is 15.7 Å². The van der Waals surface area contributed by atoms with Gasteiger partial charge in [0.2, 0.25) is 0 Å². The van der Waals surface area contributed by atoms with Gasteiger partial charge in [0.05, 0.1) is 17.6 Å². The minimum Gasteiger partial charge on any atom is -0.395 e. The van der Waals surface area contributed by atoms with Gasteiger partial charge >= 0.3 is 0 Å². The van der Waals surface area contributed by atoms with E-state index < -0.39 is 0 Å². The number of hydrogen-bond donors (Lipinski definition) is 2. The van der Waals surface area contributed by atoms with Crippen molar-refractivity contribution in [3.63, 3.8) is 0 Å². The van der Waals surface area contributed by atoms with Crippen LogP contribution >= 0.6 is 0 Å². The van der Waals surface area contributed by atoms with Crippen molar-refractivity contribution >= 4 is 22.7 Å². The van der Waals surface area contributed by atoms with Crippen molar-refractivity contribution in [2.75, 3.05) is 30.3 Å². The summed E-state index contributed by atoms with van der Waals surface area (Å²) in [6, 6.07) is 7.55. The lowest BCUT2D eigenvalue weighted by Crippen LogP contribution is -2.28. The monoisotopic (exact) mass is 244 g/mol. The molecule has 0 aliphatic heterocycles. The number of aromatic nitrogens is 2. The molecule has 1 aromatic carbocycles. The minimum absolute atomic E-state index is 0.0296. The summed E-state index contributed by atoms with van der Waals surface area (Å²) in [5.74, 6) is 0.951. The van der Waals surface area contributed by atoms with Crippen LogP contribution in [0.1, 0.15) is 0 Å². The maximum absolute atomic E-state index is 9.06. The first-order chi connectivity index (χ1) is 8.76. The van der Waals surface area contributed by atoms with Gasteiger partial charge in [0, 0.05) is 13.1 Å². The van der Waals surface area contributed by atoms with Gasteiger partial charge in [0.25, 0.3) is 0 Å². The minimum atomic E-state index is 0.0296. The van der Waals surface area contributed by atoms with E-state index in [-0.39, 0.29) is 6.61 Å². The molecule has 0 radical (unpaired) electrons. The molecule has 0 saturated carbocycles. The average molecular weight is 244 g/mol. The molecular formula is C13H16N4O. The van der Waals surface area contributed by atoms with Gasteiger partial charge in [-0.1, -0.05) is 18.2 Å². The Morgan fingerprint density at radius 1 is 1.28 bits per heavy atom. The Hall–Kier alpha value is -2.14. The van der Waals surface area contributed by atoms with E-state index in [2.05, 4.69) is 16.5 Å². The first kappa shape index (κ1) is 12.3. The van der Waals surface area contributed by atoms with Crippen LogP contribution in [0.5, 0.6) is 0 Å². The fourth-order valence-electron chi connectivity index (χ4n) is 1.80. The maximum atomic E-state index is 9.06. The van der Waals surface area contributed by atoms with Gasteiger partial charge in [-0.05, 0) is 12.1 Å². The SMILES string of the molecule is C=CCN(CCO)c1nc2ccccc2nc1N. The van der Waals surface area contributed by atoms with Crippen LogP contribution in [0.3, 0.4) is 0 Å². The zero-order chi connectivity index (χ0) is 13.0. The van der Waals surface area contributed by atoms with Crippen LogP contribution in [0, 0.1) is 0 Å². The molecule has 5 nitrogen and oxygen atoms in total. The summed E-state index contributed by atoms with van der Waals surface area (Å²) in [6.07, 6.45) is 1.74. The highest BCUT2D eigenvalue weighted by Gasteiger charge is 2.12. The van der Waals surface area contributed by atoms with Gasteiger partial charge in [-0.15, -0.1) is 6.58 Å². The zero-order valence-corrected chi connectivity index (χ0v) is 10.1. The molecule has 1 aromatic heterocycles. The highest BCUT2D eigenvalue weighted by Crippen LogP contribution is 2.21. The summed E-state index contributed by atoms with van der Waals surface area (Å²) < 4.78 is 0. The first-order valence-corrected chi connectivity index (χ1v) is 5.75. The average Bonchev–Trinajstić information content (AvgIpc) is 2.38. The van der Waals surface area contributed by atoms with E-state index in [4.69, 9.17) is 10.8 Å². The molecular weight excluding hydrogens is 228 g/mol. The van der Waals surface area contributed by atoms with E-state index in [1.807, 2.05) is 29.2 Å². The summed E-state index contributed by atoms with van der Waals surface area (Å²) in [4.78, 5) is 10.7. The van der Waals surface area contributed by atoms with E-state index in [1.165, 1.54) is 0 Å². The largest absolute Gasteiger partial charge is 0.395 e. The van der Waals surface area contributed by atoms with E-state index in [1.54, 1.807) is 6.08 Å². The second-order valence-electron chi connectivity index (χ2n) is 3.88. The molecule has 2 rings (SSSR count). The van der Waals surface area contributed by atoms with E-state index in [0.29, 0.717) is 24.7 Å². The van der Waals surface area contributed by atoms with Crippen molar-refractivity contribution < 1.29 is 5.11 Å². The van der Waals surface area contributed by atoms with Crippen molar-refractivity contribution in [2.24, 2.45) is 0 Å². The summed E-state index contributed by atoms with van der Waals surface area (Å²) in [6.45, 7) is 4.73. The number of hydrogen-bond acceptors (Lipinski definition) is 5. The normalized spacial score (nSPS) is 10.5. The lowest BCUT2D eigenvalue weighted by Gasteiger charge is -2.22. The molecule has 0 spiro atoms. The topological polar surface area (TPSA) is 75.3 Å². The van der Waals surface area contributed by atoms with Crippen LogP contribution in [0.4, 0.5) is 11.6 Å². The van der Waals surface area contributed by atoms with Crippen LogP contribution in [0.15, 0.2) is 36.9 Å². The van der Waals surface area contributed by atoms with E-state index in [9.17, 15) is 0 Å². The molecule has 0 saturated heterocycles. The number of nitrogens with two attached hydrogens (primary N) is 1. The molecule has 0 aliphatic rings. The predicted octanol–water partition coefficient (Wildman–Crippen LogP) is 1.20. The second-order valence-corrected chi connectivity index (χ2v) is 3.88. The summed E-state index contributed by atoms with van der Waals surface area (Å²) >= 11 is 0. The van der Waals surface area contributed by atoms with Crippen LogP contribution in [-0.2, 0) is 0 Å². The lowest BCUT2D eigenvalue weighted by atomic mass is 10.3. The number of nitrogens with zero attached hydrogens (tertiary/aromatic N) is 3. The fraction of sp³-hybridized carbons (Fsp3) is 0.231. The summed E-state index contributed by atoms with van der Waals surface area (Å²) in [5, 5.41) is 9.06. The van der Waals surface area contributed by atoms with Gasteiger partial charge in [-0.2, -0.15) is 0 Å². The molecule has 2 aromatic rings. The Morgan fingerprint density at radius 2 is 1.94 bits per heavy atom. The van der Waals surface area contributed by atoms with Gasteiger partial charge in [-0.3, -0.25) is 0 Å². The molecule has 5 heteroatoms. The maximum Gasteiger partial charge on any atom is 0.172 e. The van der Waals surface area contributed by atoms with Crippen LogP contribution in [0.2, 0.25) is 0 Å². The highest BCUT2D eigenvalue weighted by molar-refractivity contribution is 5.79. The molecule has 18 heavy (non-hydrogen) atoms. The predicted molar refractivity (Wildman–Crippen MR) is 73.4 cm³/mol.